The third-order valence-corrected chi connectivity index (χ3v) is 15.5. The molecule has 38 heavy (non-hydrogen) atoms. The predicted octanol–water partition coefficient (Wildman–Crippen LogP) is 11.0. The molecule has 0 aromatic heterocycles. The Kier molecular flexibility index (Phi) is 11.2. The van der Waals surface area contributed by atoms with Gasteiger partial charge in [0.25, 0.3) is 0 Å². The van der Waals surface area contributed by atoms with Crippen LogP contribution in [0, 0.1) is 44.4 Å². The number of fused-ring (bicyclic) bond motifs is 4. The van der Waals surface area contributed by atoms with E-state index in [1.165, 1.54) is 12.0 Å². The first-order valence-electron chi connectivity index (χ1n) is 13.5. The van der Waals surface area contributed by atoms with Crippen LogP contribution in [0.1, 0.15) is 48.8 Å². The Morgan fingerprint density at radius 3 is 1.87 bits per heavy atom. The van der Waals surface area contributed by atoms with Gasteiger partial charge in [0.05, 0.1) is 8.07 Å². The molecule has 0 spiro atoms. The van der Waals surface area contributed by atoms with Crippen LogP contribution in [-0.4, -0.2) is 8.07 Å². The molecular formula is C34H44Cl2SiZr. The van der Waals surface area contributed by atoms with Gasteiger partial charge in [0.2, 0.25) is 0 Å². The van der Waals surface area contributed by atoms with Crippen molar-refractivity contribution >= 4 is 31.2 Å². The summed E-state index contributed by atoms with van der Waals surface area (Å²) in [5.74, 6) is 5.05. The predicted molar refractivity (Wildman–Crippen MR) is 169 cm³/mol. The SMILES string of the molecule is CC1C2C=CC=CC2C(C)C1[Si](C)(C)C1C(c2ccccc2)CC2c3ccccc3C=CC21.[CH3-].[CH3-].[Cl][Zr+2][Cl]. The van der Waals surface area contributed by atoms with E-state index in [-0.39, 0.29) is 14.9 Å². The first-order valence-corrected chi connectivity index (χ1v) is 23.0. The molecule has 0 aliphatic heterocycles. The van der Waals surface area contributed by atoms with Crippen molar-refractivity contribution in [2.24, 2.45) is 29.6 Å². The molecule has 0 amide bonds. The molecular weight excluding hydrogens is 599 g/mol. The van der Waals surface area contributed by atoms with Crippen LogP contribution in [0.3, 0.4) is 0 Å². The van der Waals surface area contributed by atoms with Gasteiger partial charge < -0.3 is 14.9 Å². The maximum absolute atomic E-state index is 4.93. The molecule has 2 saturated carbocycles. The van der Waals surface area contributed by atoms with Crippen molar-refractivity contribution in [3.8, 4) is 0 Å². The first-order chi connectivity index (χ1) is 17.4. The quantitative estimate of drug-likeness (QED) is 0.231. The van der Waals surface area contributed by atoms with Crippen LogP contribution in [-0.2, 0) is 20.8 Å². The van der Waals surface area contributed by atoms with Gasteiger partial charge in [-0.05, 0) is 75.6 Å². The van der Waals surface area contributed by atoms with E-state index in [2.05, 4.69) is 118 Å². The molecule has 4 heteroatoms. The fraction of sp³-hybridized carbons (Fsp3) is 0.412. The molecule has 202 valence electrons. The van der Waals surface area contributed by atoms with Crippen LogP contribution < -0.4 is 0 Å². The Labute approximate surface area is 252 Å². The number of rotatable bonds is 3. The molecule has 4 aliphatic carbocycles. The number of hydrogen-bond donors (Lipinski definition) is 0. The molecule has 8 unspecified atom stereocenters. The van der Waals surface area contributed by atoms with Gasteiger partial charge in [-0.3, -0.25) is 0 Å². The Morgan fingerprint density at radius 1 is 0.711 bits per heavy atom. The molecule has 0 bridgehead atoms. The van der Waals surface area contributed by atoms with Gasteiger partial charge in [-0.25, -0.2) is 0 Å². The van der Waals surface area contributed by atoms with Crippen LogP contribution >= 0.6 is 17.0 Å². The minimum atomic E-state index is -1.65. The van der Waals surface area contributed by atoms with Crippen molar-refractivity contribution in [1.29, 1.82) is 0 Å². The summed E-state index contributed by atoms with van der Waals surface area (Å²) in [7, 11) is 8.22. The van der Waals surface area contributed by atoms with Crippen LogP contribution in [0.25, 0.3) is 6.08 Å². The monoisotopic (exact) mass is 640 g/mol. The Balaban J connectivity index is 0.000000766. The van der Waals surface area contributed by atoms with Crippen LogP contribution in [0.4, 0.5) is 0 Å². The molecule has 0 radical (unpaired) electrons. The van der Waals surface area contributed by atoms with Crippen LogP contribution in [0.2, 0.25) is 24.2 Å². The third kappa shape index (κ3) is 5.59. The number of allylic oxidation sites excluding steroid dienone is 5. The third-order valence-electron chi connectivity index (χ3n) is 10.2. The van der Waals surface area contributed by atoms with E-state index in [0.29, 0.717) is 17.8 Å². The van der Waals surface area contributed by atoms with Crippen LogP contribution in [0.15, 0.2) is 85.0 Å². The van der Waals surface area contributed by atoms with Crippen molar-refractivity contribution < 1.29 is 20.8 Å². The maximum atomic E-state index is 4.93. The van der Waals surface area contributed by atoms with Gasteiger partial charge in [0, 0.05) is 0 Å². The molecule has 2 fully saturated rings. The zero-order valence-corrected chi connectivity index (χ0v) is 28.8. The topological polar surface area (TPSA) is 0 Å². The molecule has 0 nitrogen and oxygen atoms in total. The standard InChI is InChI=1S/C32H38Si.2CH3.2ClH.Zr/c1-21-25-15-10-11-16-26(25)22(2)31(21)33(3,4)32-28-19-18-24-14-8-9-17-27(24)30(28)20-29(32)23-12-6-5-7-13-23;;;;;/h5-19,21-22,25-26,28-32H,20H2,1-4H3;2*1H3;2*1H;/q;2*-1;;;+4/p-2. The molecule has 0 heterocycles. The van der Waals surface area contributed by atoms with Crippen molar-refractivity contribution in [2.75, 3.05) is 0 Å². The van der Waals surface area contributed by atoms with Crippen molar-refractivity contribution in [2.45, 2.75) is 56.3 Å². The molecule has 8 atom stereocenters. The normalized spacial score (nSPS) is 33.9. The fourth-order valence-corrected chi connectivity index (χ4v) is 15.5. The van der Waals surface area contributed by atoms with E-state index in [9.17, 15) is 0 Å². The van der Waals surface area contributed by atoms with E-state index in [1.807, 2.05) is 0 Å². The summed E-state index contributed by atoms with van der Waals surface area (Å²) in [4.78, 5) is 0. The van der Waals surface area contributed by atoms with Gasteiger partial charge >= 0.3 is 37.9 Å². The molecule has 2 aromatic carbocycles. The minimum absolute atomic E-state index is 0. The number of halogens is 2. The van der Waals surface area contributed by atoms with Gasteiger partial charge in [-0.15, -0.1) is 0 Å². The molecule has 0 N–H and O–H groups in total. The van der Waals surface area contributed by atoms with Crippen molar-refractivity contribution in [3.63, 3.8) is 0 Å². The number of hydrogen-bond acceptors (Lipinski definition) is 0. The summed E-state index contributed by atoms with van der Waals surface area (Å²) in [6.45, 7) is 10.7. The molecule has 6 rings (SSSR count). The zero-order valence-electron chi connectivity index (χ0n) is 23.8. The van der Waals surface area contributed by atoms with E-state index in [1.54, 1.807) is 11.1 Å². The van der Waals surface area contributed by atoms with Crippen LogP contribution in [0.5, 0.6) is 0 Å². The first kappa shape index (κ1) is 31.9. The summed E-state index contributed by atoms with van der Waals surface area (Å²) in [6, 6.07) is 20.7. The molecule has 0 saturated heterocycles. The van der Waals surface area contributed by atoms with E-state index in [0.717, 1.165) is 34.8 Å². The van der Waals surface area contributed by atoms with Gasteiger partial charge in [-0.1, -0.05) is 118 Å². The average Bonchev–Trinajstić information content (AvgIpc) is 3.42. The van der Waals surface area contributed by atoms with E-state index in [4.69, 9.17) is 17.0 Å². The Bertz CT molecular complexity index is 1120. The van der Waals surface area contributed by atoms with Gasteiger partial charge in [0.15, 0.2) is 0 Å². The summed E-state index contributed by atoms with van der Waals surface area (Å²) < 4.78 is 0. The second-order valence-corrected chi connectivity index (χ2v) is 20.7. The summed E-state index contributed by atoms with van der Waals surface area (Å²) in [5, 5.41) is 0. The van der Waals surface area contributed by atoms with Gasteiger partial charge in [0.1, 0.15) is 0 Å². The summed E-state index contributed by atoms with van der Waals surface area (Å²) >= 11 is -0.826. The zero-order chi connectivity index (χ0) is 25.4. The Morgan fingerprint density at radius 2 is 1.26 bits per heavy atom. The van der Waals surface area contributed by atoms with Crippen molar-refractivity contribution in [3.05, 3.63) is 117 Å². The Hall–Kier alpha value is -0.660. The van der Waals surface area contributed by atoms with Crippen molar-refractivity contribution in [1.82, 2.24) is 0 Å². The second-order valence-electron chi connectivity index (χ2n) is 12.0. The average molecular weight is 643 g/mol. The molecule has 4 aliphatic rings. The van der Waals surface area contributed by atoms with E-state index < -0.39 is 28.9 Å². The van der Waals surface area contributed by atoms with E-state index >= 15 is 0 Å². The van der Waals surface area contributed by atoms with Gasteiger partial charge in [-0.2, -0.15) is 0 Å². The second kappa shape index (κ2) is 13.3. The fourth-order valence-electron chi connectivity index (χ4n) is 9.19. The summed E-state index contributed by atoms with van der Waals surface area (Å²) in [5.41, 5.74) is 6.29. The molecule has 2 aromatic rings. The number of benzene rings is 2. The summed E-state index contributed by atoms with van der Waals surface area (Å²) in [6.07, 6.45) is 16.1.